The monoisotopic (exact) mass is 586 g/mol. The molecule has 4 aromatic carbocycles. The van der Waals surface area contributed by atoms with Crippen LogP contribution in [0.15, 0.2) is 97.1 Å². The van der Waals surface area contributed by atoms with Crippen molar-refractivity contribution in [3.05, 3.63) is 119 Å². The molecule has 0 radical (unpaired) electrons. The molecule has 0 bridgehead atoms. The second kappa shape index (κ2) is 11.5. The Morgan fingerprint density at radius 3 is 1.05 bits per heavy atom. The molecule has 214 valence electrons. The molecule has 1 fully saturated rings. The molecule has 1 aliphatic heterocycles. The van der Waals surface area contributed by atoms with Crippen LogP contribution in [0.25, 0.3) is 0 Å². The van der Waals surface area contributed by atoms with E-state index in [2.05, 4.69) is 0 Å². The predicted molar refractivity (Wildman–Crippen MR) is 172 cm³/mol. The molecule has 4 nitrogen and oxygen atoms in total. The zero-order valence-electron chi connectivity index (χ0n) is 24.8. The lowest BCUT2D eigenvalue weighted by atomic mass is 10.2. The Morgan fingerprint density at radius 2 is 0.805 bits per heavy atom. The minimum atomic E-state index is -3.14. The summed E-state index contributed by atoms with van der Waals surface area (Å²) >= 11 is 0. The number of ether oxygens (including phenoxy) is 2. The van der Waals surface area contributed by atoms with Gasteiger partial charge in [-0.2, -0.15) is 0 Å². The molecule has 0 unspecified atom stereocenters. The van der Waals surface area contributed by atoms with Gasteiger partial charge in [0.05, 0.1) is 12.2 Å². The van der Waals surface area contributed by atoms with E-state index in [1.165, 1.54) is 0 Å². The largest absolute Gasteiger partial charge is 0.344 e. The summed E-state index contributed by atoms with van der Waals surface area (Å²) in [5.41, 5.74) is 4.22. The van der Waals surface area contributed by atoms with Crippen molar-refractivity contribution in [2.45, 2.75) is 59.5 Å². The van der Waals surface area contributed by atoms with Gasteiger partial charge in [-0.1, -0.05) is 95.1 Å². The van der Waals surface area contributed by atoms with Crippen LogP contribution >= 0.6 is 14.3 Å². The third-order valence-electron chi connectivity index (χ3n) is 7.83. The maximum Gasteiger partial charge on any atom is 0.163 e. The Morgan fingerprint density at radius 1 is 0.537 bits per heavy atom. The van der Waals surface area contributed by atoms with Gasteiger partial charge in [0, 0.05) is 33.5 Å². The summed E-state index contributed by atoms with van der Waals surface area (Å²) in [5.74, 6) is -0.899. The van der Waals surface area contributed by atoms with E-state index in [4.69, 9.17) is 9.47 Å². The van der Waals surface area contributed by atoms with Gasteiger partial charge >= 0.3 is 0 Å². The highest BCUT2D eigenvalue weighted by molar-refractivity contribution is 7.79. The van der Waals surface area contributed by atoms with Crippen molar-refractivity contribution in [3.63, 3.8) is 0 Å². The maximum absolute atomic E-state index is 15.2. The van der Waals surface area contributed by atoms with E-state index in [1.54, 1.807) is 0 Å². The Bertz CT molecular complexity index is 1440. The van der Waals surface area contributed by atoms with Crippen LogP contribution in [0.1, 0.15) is 36.1 Å². The van der Waals surface area contributed by atoms with Crippen molar-refractivity contribution < 1.29 is 18.6 Å². The van der Waals surface area contributed by atoms with Crippen molar-refractivity contribution in [2.75, 3.05) is 12.3 Å². The standard InChI is InChI=1S/C35H40O4P2/c1-25-11-7-15-29(19-25)40(36,30-16-8-12-26(2)20-30)23-33-34(39-35(5,6)38-33)24-41(37,31-17-9-13-27(3)21-31)32-18-10-14-28(4)22-32/h7-22,33-34H,23-24H2,1-6H3/t33-,34-/m0/s1. The molecule has 1 heterocycles. The van der Waals surface area contributed by atoms with Crippen LogP contribution in [0, 0.1) is 27.7 Å². The van der Waals surface area contributed by atoms with Gasteiger partial charge in [-0.25, -0.2) is 0 Å². The summed E-state index contributed by atoms with van der Waals surface area (Å²) in [4.78, 5) is 0. The van der Waals surface area contributed by atoms with Crippen LogP contribution in [0.2, 0.25) is 0 Å². The average molecular weight is 587 g/mol. The van der Waals surface area contributed by atoms with Gasteiger partial charge in [0.15, 0.2) is 5.79 Å². The summed E-state index contributed by atoms with van der Waals surface area (Å²) in [5, 5.41) is 3.21. The van der Waals surface area contributed by atoms with E-state index in [0.29, 0.717) is 0 Å². The van der Waals surface area contributed by atoms with Crippen molar-refractivity contribution in [1.82, 2.24) is 0 Å². The lowest BCUT2D eigenvalue weighted by Gasteiger charge is -2.28. The van der Waals surface area contributed by atoms with Crippen LogP contribution in [-0.2, 0) is 18.6 Å². The lowest BCUT2D eigenvalue weighted by Crippen LogP contribution is -2.36. The third kappa shape index (κ3) is 6.37. The summed E-state index contributed by atoms with van der Waals surface area (Å²) < 4.78 is 43.5. The zero-order chi connectivity index (χ0) is 29.4. The minimum Gasteiger partial charge on any atom is -0.344 e. The highest BCUT2D eigenvalue weighted by Crippen LogP contribution is 2.51. The summed E-state index contributed by atoms with van der Waals surface area (Å²) in [6.07, 6.45) is -0.509. The topological polar surface area (TPSA) is 52.6 Å². The van der Waals surface area contributed by atoms with Gasteiger partial charge in [0.2, 0.25) is 0 Å². The summed E-state index contributed by atoms with van der Waals surface area (Å²) in [6.45, 7) is 11.8. The van der Waals surface area contributed by atoms with Crippen LogP contribution < -0.4 is 21.2 Å². The number of rotatable bonds is 8. The van der Waals surface area contributed by atoms with Crippen molar-refractivity contribution in [3.8, 4) is 0 Å². The summed E-state index contributed by atoms with van der Waals surface area (Å²) in [7, 11) is -6.28. The molecule has 2 atom stereocenters. The first-order valence-electron chi connectivity index (χ1n) is 14.2. The van der Waals surface area contributed by atoms with Gasteiger partial charge in [0.1, 0.15) is 14.3 Å². The second-order valence-corrected chi connectivity index (χ2v) is 17.7. The Labute approximate surface area is 244 Å². The predicted octanol–water partition coefficient (Wildman–Crippen LogP) is 6.77. The fraction of sp³-hybridized carbons (Fsp3) is 0.314. The molecule has 4 aromatic rings. The van der Waals surface area contributed by atoms with Gasteiger partial charge in [-0.3, -0.25) is 0 Å². The van der Waals surface area contributed by atoms with E-state index in [9.17, 15) is 0 Å². The minimum absolute atomic E-state index is 0.260. The van der Waals surface area contributed by atoms with Crippen LogP contribution in [0.4, 0.5) is 0 Å². The number of hydrogen-bond acceptors (Lipinski definition) is 4. The quantitative estimate of drug-likeness (QED) is 0.214. The Balaban J connectivity index is 1.59. The molecule has 0 aliphatic carbocycles. The Kier molecular flexibility index (Phi) is 8.34. The lowest BCUT2D eigenvalue weighted by molar-refractivity contribution is -0.142. The van der Waals surface area contributed by atoms with Crippen molar-refractivity contribution >= 4 is 35.5 Å². The third-order valence-corrected chi connectivity index (χ3v) is 14.0. The van der Waals surface area contributed by atoms with E-state index in [1.807, 2.05) is 139 Å². The number of benzene rings is 4. The normalized spacial score (nSPS) is 18.9. The smallest absolute Gasteiger partial charge is 0.163 e. The SMILES string of the molecule is Cc1cccc(P(=O)(C[C@@H]2OC(C)(C)O[C@H]2CP(=O)(c2cccc(C)c2)c2cccc(C)c2)c2cccc(C)c2)c1. The molecule has 6 heteroatoms. The van der Waals surface area contributed by atoms with Crippen LogP contribution in [0.5, 0.6) is 0 Å². The average Bonchev–Trinajstić information content (AvgIpc) is 3.20. The number of aryl methyl sites for hydroxylation is 4. The van der Waals surface area contributed by atoms with Crippen LogP contribution in [-0.4, -0.2) is 30.3 Å². The van der Waals surface area contributed by atoms with E-state index in [0.717, 1.165) is 43.5 Å². The fourth-order valence-electron chi connectivity index (χ4n) is 5.86. The number of hydrogen-bond donors (Lipinski definition) is 0. The maximum atomic E-state index is 15.2. The van der Waals surface area contributed by atoms with Gasteiger partial charge in [0.25, 0.3) is 0 Å². The van der Waals surface area contributed by atoms with E-state index < -0.39 is 32.3 Å². The molecule has 5 rings (SSSR count). The first-order valence-corrected chi connectivity index (χ1v) is 18.0. The molecule has 1 aliphatic rings. The molecule has 0 N–H and O–H groups in total. The molecule has 0 spiro atoms. The molecule has 1 saturated heterocycles. The van der Waals surface area contributed by atoms with Crippen molar-refractivity contribution in [2.24, 2.45) is 0 Å². The second-order valence-electron chi connectivity index (χ2n) is 11.9. The fourth-order valence-corrected chi connectivity index (χ4v) is 11.9. The van der Waals surface area contributed by atoms with Crippen molar-refractivity contribution in [1.29, 1.82) is 0 Å². The molecule has 0 saturated carbocycles. The first kappa shape index (κ1) is 29.7. The summed E-state index contributed by atoms with van der Waals surface area (Å²) in [6, 6.07) is 31.8. The van der Waals surface area contributed by atoms with E-state index >= 15 is 9.13 Å². The highest BCUT2D eigenvalue weighted by Gasteiger charge is 2.48. The molecular weight excluding hydrogens is 546 g/mol. The van der Waals surface area contributed by atoms with Gasteiger partial charge in [-0.05, 0) is 65.8 Å². The van der Waals surface area contributed by atoms with Gasteiger partial charge < -0.3 is 18.6 Å². The molecule has 0 amide bonds. The molecule has 0 aromatic heterocycles. The van der Waals surface area contributed by atoms with Crippen LogP contribution in [0.3, 0.4) is 0 Å². The van der Waals surface area contributed by atoms with Gasteiger partial charge in [-0.15, -0.1) is 0 Å². The Hall–Kier alpha value is -2.74. The van der Waals surface area contributed by atoms with E-state index in [-0.39, 0.29) is 12.3 Å². The highest BCUT2D eigenvalue weighted by atomic mass is 31.2. The molecule has 41 heavy (non-hydrogen) atoms. The molecular formula is C35H40O4P2. The first-order chi connectivity index (χ1) is 19.4. The zero-order valence-corrected chi connectivity index (χ0v) is 26.6.